The average molecular weight is 425 g/mol. The number of carbonyl (C=O) groups is 5. The summed E-state index contributed by atoms with van der Waals surface area (Å²) in [6.07, 6.45) is -1.04. The Morgan fingerprint density at radius 3 is 2.38 bits per heavy atom. The predicted octanol–water partition coefficient (Wildman–Crippen LogP) is 0.396. The summed E-state index contributed by atoms with van der Waals surface area (Å²) >= 11 is 0.599. The van der Waals surface area contributed by atoms with Gasteiger partial charge in [0.05, 0.1) is 5.75 Å². The fourth-order valence-electron chi connectivity index (χ4n) is 2.07. The zero-order chi connectivity index (χ0) is 21.8. The summed E-state index contributed by atoms with van der Waals surface area (Å²) in [5, 5.41) is 12.8. The number of carboxylic acids is 1. The van der Waals surface area contributed by atoms with Crippen LogP contribution in [-0.4, -0.2) is 51.9 Å². The third kappa shape index (κ3) is 10.1. The second-order valence-electron chi connectivity index (χ2n) is 5.98. The maximum absolute atomic E-state index is 12.2. The zero-order valence-corrected chi connectivity index (χ0v) is 16.6. The number of rotatable bonds is 11. The number of carbonyl (C=O) groups excluding carboxylic acids is 4. The van der Waals surface area contributed by atoms with Crippen molar-refractivity contribution in [1.82, 2.24) is 10.6 Å². The van der Waals surface area contributed by atoms with Gasteiger partial charge in [0.1, 0.15) is 18.7 Å². The van der Waals surface area contributed by atoms with E-state index in [9.17, 15) is 24.0 Å². The lowest BCUT2D eigenvalue weighted by molar-refractivity contribution is -0.134. The predicted molar refractivity (Wildman–Crippen MR) is 105 cm³/mol. The number of carboxylic acid groups (broad SMARTS) is 1. The van der Waals surface area contributed by atoms with Crippen molar-refractivity contribution in [3.63, 3.8) is 0 Å². The molecule has 10 nitrogen and oxygen atoms in total. The van der Waals surface area contributed by atoms with Gasteiger partial charge in [-0.15, -0.1) is 0 Å². The Bertz CT molecular complexity index is 742. The van der Waals surface area contributed by atoms with Gasteiger partial charge in [-0.3, -0.25) is 19.2 Å². The Kier molecular flexibility index (Phi) is 10.2. The Morgan fingerprint density at radius 1 is 1.14 bits per heavy atom. The largest absolute Gasteiger partial charge is 0.481 e. The van der Waals surface area contributed by atoms with Crippen molar-refractivity contribution in [3.8, 4) is 0 Å². The molecule has 0 aliphatic heterocycles. The highest BCUT2D eigenvalue weighted by Crippen LogP contribution is 2.09. The number of hydrogen-bond donors (Lipinski definition) is 4. The molecule has 1 aromatic rings. The van der Waals surface area contributed by atoms with Crippen LogP contribution in [0.1, 0.15) is 25.3 Å². The average Bonchev–Trinajstić information content (AvgIpc) is 2.68. The number of ether oxygens (including phenoxy) is 1. The normalized spacial score (nSPS) is 12.3. The molecule has 5 N–H and O–H groups in total. The van der Waals surface area contributed by atoms with Gasteiger partial charge in [-0.05, 0) is 18.9 Å². The molecule has 1 aromatic carbocycles. The minimum atomic E-state index is -1.14. The summed E-state index contributed by atoms with van der Waals surface area (Å²) in [7, 11) is 0. The molecule has 0 heterocycles. The third-order valence-electron chi connectivity index (χ3n) is 3.59. The lowest BCUT2D eigenvalue weighted by atomic mass is 10.1. The summed E-state index contributed by atoms with van der Waals surface area (Å²) < 4.78 is 5.01. The number of nitrogens with one attached hydrogen (secondary N) is 2. The van der Waals surface area contributed by atoms with Gasteiger partial charge in [0, 0.05) is 6.42 Å². The smallest absolute Gasteiger partial charge is 0.408 e. The molecule has 11 heteroatoms. The van der Waals surface area contributed by atoms with Crippen LogP contribution in [0.3, 0.4) is 0 Å². The van der Waals surface area contributed by atoms with E-state index < -0.39 is 46.8 Å². The number of benzene rings is 1. The Balaban J connectivity index is 2.43. The van der Waals surface area contributed by atoms with Crippen molar-refractivity contribution in [3.05, 3.63) is 35.9 Å². The first-order valence-electron chi connectivity index (χ1n) is 8.63. The van der Waals surface area contributed by atoms with E-state index in [1.54, 1.807) is 24.3 Å². The second-order valence-corrected chi connectivity index (χ2v) is 7.02. The molecule has 158 valence electrons. The van der Waals surface area contributed by atoms with Gasteiger partial charge in [0.25, 0.3) is 0 Å². The van der Waals surface area contributed by atoms with Crippen LogP contribution in [-0.2, 0) is 30.5 Å². The van der Waals surface area contributed by atoms with Gasteiger partial charge in [-0.2, -0.15) is 0 Å². The molecule has 2 atom stereocenters. The molecule has 0 fully saturated rings. The molecule has 3 amide bonds. The standard InChI is InChI=1S/C18H23N3O7S/c1-11(20-18(27)28-9-12-5-3-2-4-6-12)17(26)21-13(16(19)25)7-8-15(24)29-10-14(22)23/h2-6,11,13H,7-10H2,1H3,(H2,19,25)(H,20,27)(H,21,26)(H,22,23)/t11-,13?/m0/s1. The number of aliphatic carboxylic acids is 1. The first-order valence-corrected chi connectivity index (χ1v) is 9.62. The first-order chi connectivity index (χ1) is 13.7. The van der Waals surface area contributed by atoms with E-state index in [0.29, 0.717) is 11.8 Å². The SMILES string of the molecule is C[C@H](NC(=O)OCc1ccccc1)C(=O)NC(CCC(=O)SCC(=O)O)C(N)=O. The molecule has 1 rings (SSSR count). The van der Waals surface area contributed by atoms with Crippen LogP contribution in [0.4, 0.5) is 4.79 Å². The molecule has 1 unspecified atom stereocenters. The highest BCUT2D eigenvalue weighted by molar-refractivity contribution is 8.14. The van der Waals surface area contributed by atoms with Crippen LogP contribution >= 0.6 is 11.8 Å². The van der Waals surface area contributed by atoms with Crippen LogP contribution in [0.2, 0.25) is 0 Å². The minimum absolute atomic E-state index is 0.0288. The first kappa shape index (κ1) is 24.0. The van der Waals surface area contributed by atoms with Crippen molar-refractivity contribution >= 4 is 40.8 Å². The van der Waals surface area contributed by atoms with Gasteiger partial charge in [0.2, 0.25) is 11.8 Å². The molecule has 0 aliphatic carbocycles. The van der Waals surface area contributed by atoms with E-state index in [1.165, 1.54) is 6.92 Å². The maximum Gasteiger partial charge on any atom is 0.408 e. The Labute approximate surface area is 171 Å². The highest BCUT2D eigenvalue weighted by Gasteiger charge is 2.24. The van der Waals surface area contributed by atoms with E-state index >= 15 is 0 Å². The summed E-state index contributed by atoms with van der Waals surface area (Å²) in [5.41, 5.74) is 6.01. The van der Waals surface area contributed by atoms with E-state index in [-0.39, 0.29) is 19.4 Å². The van der Waals surface area contributed by atoms with Crippen molar-refractivity contribution in [2.24, 2.45) is 5.73 Å². The number of alkyl carbamates (subject to hydrolysis) is 1. The lowest BCUT2D eigenvalue weighted by Gasteiger charge is -2.19. The molecular formula is C18H23N3O7S. The molecule has 0 aromatic heterocycles. The fourth-order valence-corrected chi connectivity index (χ4v) is 2.61. The van der Waals surface area contributed by atoms with Gasteiger partial charge in [-0.1, -0.05) is 42.1 Å². The van der Waals surface area contributed by atoms with Crippen molar-refractivity contribution < 1.29 is 33.8 Å². The molecule has 0 bridgehead atoms. The Hall–Kier alpha value is -3.08. The number of primary amides is 1. The van der Waals surface area contributed by atoms with Crippen LogP contribution in [0.25, 0.3) is 0 Å². The van der Waals surface area contributed by atoms with Crippen LogP contribution < -0.4 is 16.4 Å². The summed E-state index contributed by atoms with van der Waals surface area (Å²) in [5.74, 6) is -3.06. The molecule has 0 radical (unpaired) electrons. The van der Waals surface area contributed by atoms with E-state index in [2.05, 4.69) is 10.6 Å². The third-order valence-corrected chi connectivity index (χ3v) is 4.51. The number of thioether (sulfide) groups is 1. The molecule has 0 aliphatic rings. The van der Waals surface area contributed by atoms with Gasteiger partial charge in [0.15, 0.2) is 5.12 Å². The zero-order valence-electron chi connectivity index (χ0n) is 15.8. The van der Waals surface area contributed by atoms with Crippen LogP contribution in [0, 0.1) is 0 Å². The summed E-state index contributed by atoms with van der Waals surface area (Å²) in [6.45, 7) is 1.42. The molecule has 0 spiro atoms. The van der Waals surface area contributed by atoms with Crippen molar-refractivity contribution in [1.29, 1.82) is 0 Å². The fraction of sp³-hybridized carbons (Fsp3) is 0.389. The summed E-state index contributed by atoms with van der Waals surface area (Å²) in [4.78, 5) is 57.5. The maximum atomic E-state index is 12.2. The second kappa shape index (κ2) is 12.4. The van der Waals surface area contributed by atoms with Crippen LogP contribution in [0.5, 0.6) is 0 Å². The van der Waals surface area contributed by atoms with Crippen LogP contribution in [0.15, 0.2) is 30.3 Å². The van der Waals surface area contributed by atoms with Crippen molar-refractivity contribution in [2.45, 2.75) is 38.5 Å². The summed E-state index contributed by atoms with van der Waals surface area (Å²) in [6, 6.07) is 6.80. The van der Waals surface area contributed by atoms with E-state index in [0.717, 1.165) is 5.56 Å². The number of hydrogen-bond acceptors (Lipinski definition) is 7. The number of nitrogens with two attached hydrogens (primary N) is 1. The monoisotopic (exact) mass is 425 g/mol. The highest BCUT2D eigenvalue weighted by atomic mass is 32.2. The minimum Gasteiger partial charge on any atom is -0.481 e. The Morgan fingerprint density at radius 2 is 1.79 bits per heavy atom. The molecule has 29 heavy (non-hydrogen) atoms. The lowest BCUT2D eigenvalue weighted by Crippen LogP contribution is -2.52. The van der Waals surface area contributed by atoms with E-state index in [1.807, 2.05) is 6.07 Å². The molecule has 0 saturated heterocycles. The topological polar surface area (TPSA) is 165 Å². The van der Waals surface area contributed by atoms with E-state index in [4.69, 9.17) is 15.6 Å². The van der Waals surface area contributed by atoms with Gasteiger partial charge < -0.3 is 26.2 Å². The van der Waals surface area contributed by atoms with Gasteiger partial charge >= 0.3 is 12.1 Å². The quantitative estimate of drug-likeness (QED) is 0.395. The molecule has 0 saturated carbocycles. The molecular weight excluding hydrogens is 402 g/mol. The van der Waals surface area contributed by atoms with Crippen molar-refractivity contribution in [2.75, 3.05) is 5.75 Å². The van der Waals surface area contributed by atoms with Gasteiger partial charge in [-0.25, -0.2) is 4.79 Å². The number of amides is 3.